The quantitative estimate of drug-likeness (QED) is 0.920. The summed E-state index contributed by atoms with van der Waals surface area (Å²) >= 11 is 0. The zero-order chi connectivity index (χ0) is 14.0. The lowest BCUT2D eigenvalue weighted by molar-refractivity contribution is -0.0976. The molecule has 0 amide bonds. The molecule has 0 aromatic carbocycles. The van der Waals surface area contributed by atoms with Gasteiger partial charge in [0.15, 0.2) is 0 Å². The molecule has 0 spiro atoms. The molecule has 1 aliphatic carbocycles. The molecule has 2 atom stereocenters. The van der Waals surface area contributed by atoms with Gasteiger partial charge in [-0.15, -0.1) is 0 Å². The average molecular weight is 279 g/mol. The highest BCUT2D eigenvalue weighted by Crippen LogP contribution is 2.40. The fourth-order valence-electron chi connectivity index (χ4n) is 3.73. The van der Waals surface area contributed by atoms with Crippen molar-refractivity contribution in [2.75, 3.05) is 20.2 Å². The van der Waals surface area contributed by atoms with Gasteiger partial charge in [-0.05, 0) is 31.4 Å². The maximum absolute atomic E-state index is 10.7. The van der Waals surface area contributed by atoms with Crippen LogP contribution in [-0.4, -0.2) is 35.8 Å². The summed E-state index contributed by atoms with van der Waals surface area (Å²) in [6.07, 6.45) is 5.51. The van der Waals surface area contributed by atoms with E-state index in [-0.39, 0.29) is 5.60 Å². The van der Waals surface area contributed by atoms with Crippen LogP contribution in [0, 0.1) is 5.92 Å². The van der Waals surface area contributed by atoms with Gasteiger partial charge in [-0.25, -0.2) is 0 Å². The van der Waals surface area contributed by atoms with Crippen molar-refractivity contribution >= 4 is 0 Å². The third-order valence-electron chi connectivity index (χ3n) is 4.90. The second-order valence-corrected chi connectivity index (χ2v) is 6.33. The number of hydrogen-bond acceptors (Lipinski definition) is 4. The van der Waals surface area contributed by atoms with Crippen molar-refractivity contribution in [1.82, 2.24) is 4.90 Å². The summed E-state index contributed by atoms with van der Waals surface area (Å²) in [5, 5.41) is 10.7. The maximum atomic E-state index is 10.7. The van der Waals surface area contributed by atoms with E-state index in [0.717, 1.165) is 44.0 Å². The van der Waals surface area contributed by atoms with Gasteiger partial charge in [0, 0.05) is 26.1 Å². The Balaban J connectivity index is 1.58. The lowest BCUT2D eigenvalue weighted by Crippen LogP contribution is -2.52. The fourth-order valence-corrected chi connectivity index (χ4v) is 3.73. The van der Waals surface area contributed by atoms with E-state index < -0.39 is 0 Å². The predicted octanol–water partition coefficient (Wildman–Crippen LogP) is 2.55. The van der Waals surface area contributed by atoms with E-state index in [1.807, 2.05) is 12.1 Å². The number of rotatable bonds is 4. The minimum atomic E-state index is -0.390. The highest BCUT2D eigenvalue weighted by molar-refractivity contribution is 5.07. The molecule has 2 fully saturated rings. The zero-order valence-corrected chi connectivity index (χ0v) is 12.3. The molecule has 1 saturated heterocycles. The number of methoxy groups -OCH3 is 1. The van der Waals surface area contributed by atoms with Crippen molar-refractivity contribution in [2.24, 2.45) is 5.92 Å². The van der Waals surface area contributed by atoms with Crippen LogP contribution in [0.4, 0.5) is 0 Å². The third kappa shape index (κ3) is 2.92. The molecular formula is C16H25NO3. The third-order valence-corrected chi connectivity index (χ3v) is 4.90. The van der Waals surface area contributed by atoms with Crippen molar-refractivity contribution in [2.45, 2.75) is 50.9 Å². The molecule has 3 rings (SSSR count). The lowest BCUT2D eigenvalue weighted by Gasteiger charge is -2.47. The first kappa shape index (κ1) is 14.1. The monoisotopic (exact) mass is 279 g/mol. The second-order valence-electron chi connectivity index (χ2n) is 6.33. The van der Waals surface area contributed by atoms with Crippen LogP contribution in [0.2, 0.25) is 0 Å². The first-order valence-corrected chi connectivity index (χ1v) is 7.71. The summed E-state index contributed by atoms with van der Waals surface area (Å²) < 4.78 is 10.8. The minimum absolute atomic E-state index is 0.390. The van der Waals surface area contributed by atoms with Crippen LogP contribution in [0.5, 0.6) is 0 Å². The number of likely N-dealkylation sites (tertiary alicyclic amines) is 1. The number of furan rings is 1. The van der Waals surface area contributed by atoms with Crippen molar-refractivity contribution in [3.8, 4) is 0 Å². The Morgan fingerprint density at radius 2 is 2.20 bits per heavy atom. The van der Waals surface area contributed by atoms with Crippen LogP contribution >= 0.6 is 0 Å². The van der Waals surface area contributed by atoms with Gasteiger partial charge in [-0.1, -0.05) is 12.8 Å². The van der Waals surface area contributed by atoms with Gasteiger partial charge in [0.1, 0.15) is 18.1 Å². The van der Waals surface area contributed by atoms with Crippen LogP contribution in [0.1, 0.15) is 43.6 Å². The van der Waals surface area contributed by atoms with Crippen LogP contribution in [0.25, 0.3) is 0 Å². The Kier molecular flexibility index (Phi) is 4.15. The van der Waals surface area contributed by atoms with Gasteiger partial charge in [0.05, 0.1) is 12.1 Å². The number of fused-ring (bicyclic) bond motifs is 1. The number of hydrogen-bond donors (Lipinski definition) is 1. The number of ether oxygens (including phenoxy) is 1. The smallest absolute Gasteiger partial charge is 0.129 e. The molecule has 2 aliphatic rings. The summed E-state index contributed by atoms with van der Waals surface area (Å²) in [5.74, 6) is 2.32. The Labute approximate surface area is 120 Å². The summed E-state index contributed by atoms with van der Waals surface area (Å²) in [4.78, 5) is 2.42. The van der Waals surface area contributed by atoms with Gasteiger partial charge >= 0.3 is 0 Å². The summed E-state index contributed by atoms with van der Waals surface area (Å²) in [7, 11) is 1.68. The van der Waals surface area contributed by atoms with Crippen molar-refractivity contribution in [3.05, 3.63) is 23.7 Å². The van der Waals surface area contributed by atoms with Crippen LogP contribution in [0.3, 0.4) is 0 Å². The molecule has 1 N–H and O–H groups in total. The van der Waals surface area contributed by atoms with Gasteiger partial charge in [0.2, 0.25) is 0 Å². The maximum Gasteiger partial charge on any atom is 0.129 e. The van der Waals surface area contributed by atoms with E-state index in [1.165, 1.54) is 19.3 Å². The van der Waals surface area contributed by atoms with E-state index in [4.69, 9.17) is 9.15 Å². The molecular weight excluding hydrogens is 254 g/mol. The summed E-state index contributed by atoms with van der Waals surface area (Å²) in [5.41, 5.74) is -0.390. The highest BCUT2D eigenvalue weighted by Gasteiger charge is 2.42. The lowest BCUT2D eigenvalue weighted by atomic mass is 9.71. The predicted molar refractivity (Wildman–Crippen MR) is 76.2 cm³/mol. The molecule has 4 heteroatoms. The molecule has 1 aromatic rings. The van der Waals surface area contributed by atoms with E-state index >= 15 is 0 Å². The van der Waals surface area contributed by atoms with Crippen LogP contribution in [0.15, 0.2) is 16.5 Å². The van der Waals surface area contributed by atoms with Gasteiger partial charge in [-0.3, -0.25) is 4.90 Å². The standard InChI is InChI=1S/C16H25NO3/c1-19-12-15-6-5-14(20-15)11-17-9-8-16(18)7-3-2-4-13(16)10-17/h5-6,13,18H,2-4,7-12H2,1H3/t13-,16+/m1/s1. The number of piperidine rings is 1. The largest absolute Gasteiger partial charge is 0.462 e. The normalized spacial score (nSPS) is 31.2. The van der Waals surface area contributed by atoms with E-state index in [1.54, 1.807) is 7.11 Å². The topological polar surface area (TPSA) is 45.8 Å². The van der Waals surface area contributed by atoms with Gasteiger partial charge < -0.3 is 14.3 Å². The van der Waals surface area contributed by atoms with E-state index in [0.29, 0.717) is 12.5 Å². The molecule has 0 unspecified atom stereocenters. The Morgan fingerprint density at radius 1 is 1.35 bits per heavy atom. The van der Waals surface area contributed by atoms with E-state index in [2.05, 4.69) is 4.90 Å². The highest BCUT2D eigenvalue weighted by atomic mass is 16.5. The average Bonchev–Trinajstić information content (AvgIpc) is 2.87. The molecule has 20 heavy (non-hydrogen) atoms. The molecule has 1 saturated carbocycles. The molecule has 0 bridgehead atoms. The minimum Gasteiger partial charge on any atom is -0.462 e. The first-order chi connectivity index (χ1) is 9.69. The van der Waals surface area contributed by atoms with Crippen molar-refractivity contribution in [1.29, 1.82) is 0 Å². The molecule has 1 aromatic heterocycles. The summed E-state index contributed by atoms with van der Waals surface area (Å²) in [6, 6.07) is 4.02. The number of aliphatic hydroxyl groups is 1. The molecule has 2 heterocycles. The summed E-state index contributed by atoms with van der Waals surface area (Å²) in [6.45, 7) is 3.34. The first-order valence-electron chi connectivity index (χ1n) is 7.71. The fraction of sp³-hybridized carbons (Fsp3) is 0.750. The second kappa shape index (κ2) is 5.88. The van der Waals surface area contributed by atoms with Crippen molar-refractivity contribution in [3.63, 3.8) is 0 Å². The zero-order valence-electron chi connectivity index (χ0n) is 12.3. The molecule has 0 radical (unpaired) electrons. The Hall–Kier alpha value is -0.840. The Morgan fingerprint density at radius 3 is 3.05 bits per heavy atom. The van der Waals surface area contributed by atoms with Gasteiger partial charge in [-0.2, -0.15) is 0 Å². The van der Waals surface area contributed by atoms with Crippen LogP contribution in [-0.2, 0) is 17.9 Å². The van der Waals surface area contributed by atoms with E-state index in [9.17, 15) is 5.11 Å². The molecule has 4 nitrogen and oxygen atoms in total. The van der Waals surface area contributed by atoms with Crippen molar-refractivity contribution < 1.29 is 14.3 Å². The molecule has 1 aliphatic heterocycles. The van der Waals surface area contributed by atoms with Gasteiger partial charge in [0.25, 0.3) is 0 Å². The SMILES string of the molecule is COCc1ccc(CN2CC[C@@]3(O)CCCC[C@@H]3C2)o1. The van der Waals surface area contributed by atoms with Crippen LogP contribution < -0.4 is 0 Å². The molecule has 112 valence electrons. The number of nitrogens with zero attached hydrogens (tertiary/aromatic N) is 1. The Bertz CT molecular complexity index is 445.